The minimum absolute atomic E-state index is 0.0982. The normalized spacial score (nSPS) is 18.3. The summed E-state index contributed by atoms with van der Waals surface area (Å²) in [7, 11) is 0. The Hall–Kier alpha value is -1.55. The number of likely N-dealkylation sites (tertiary alicyclic amines) is 1. The Morgan fingerprint density at radius 1 is 1.21 bits per heavy atom. The van der Waals surface area contributed by atoms with E-state index < -0.39 is 0 Å². The number of nitrogens with one attached hydrogen (secondary N) is 2. The number of nitrogens with zero attached hydrogens (tertiary/aromatic N) is 1. The van der Waals surface area contributed by atoms with Gasteiger partial charge in [0.15, 0.2) is 0 Å². The fraction of sp³-hybridized carbons (Fsp3) is 0.650. The molecule has 0 aromatic heterocycles. The van der Waals surface area contributed by atoms with E-state index in [2.05, 4.69) is 22.5 Å². The highest BCUT2D eigenvalue weighted by molar-refractivity contribution is 5.89. The van der Waals surface area contributed by atoms with Gasteiger partial charge in [-0.15, -0.1) is 0 Å². The van der Waals surface area contributed by atoms with Crippen LogP contribution in [0.25, 0.3) is 0 Å². The van der Waals surface area contributed by atoms with Crippen LogP contribution in [-0.4, -0.2) is 37.1 Å². The fourth-order valence-electron chi connectivity index (χ4n) is 3.33. The van der Waals surface area contributed by atoms with E-state index in [1.807, 2.05) is 31.2 Å². The number of carbonyl (C=O) groups excluding carboxylic acids is 1. The first-order chi connectivity index (χ1) is 11.7. The molecule has 1 fully saturated rings. The maximum absolute atomic E-state index is 12.0. The highest BCUT2D eigenvalue weighted by Gasteiger charge is 2.19. The van der Waals surface area contributed by atoms with Gasteiger partial charge in [0, 0.05) is 18.8 Å². The quantitative estimate of drug-likeness (QED) is 0.693. The molecule has 1 unspecified atom stereocenters. The van der Waals surface area contributed by atoms with Crippen LogP contribution in [0, 0.1) is 12.8 Å². The number of unbranched alkanes of at least 4 members (excludes halogenated alkanes) is 3. The Labute approximate surface area is 147 Å². The van der Waals surface area contributed by atoms with E-state index in [4.69, 9.17) is 0 Å². The van der Waals surface area contributed by atoms with E-state index >= 15 is 0 Å². The zero-order chi connectivity index (χ0) is 17.2. The van der Waals surface area contributed by atoms with Crippen molar-refractivity contribution in [3.05, 3.63) is 29.8 Å². The van der Waals surface area contributed by atoms with Gasteiger partial charge in [-0.25, -0.2) is 4.79 Å². The lowest BCUT2D eigenvalue weighted by Crippen LogP contribution is -2.42. The second-order valence-electron chi connectivity index (χ2n) is 7.07. The summed E-state index contributed by atoms with van der Waals surface area (Å²) in [5, 5.41) is 5.94. The molecule has 2 rings (SSSR count). The van der Waals surface area contributed by atoms with Gasteiger partial charge in [-0.3, -0.25) is 0 Å². The number of hydrogen-bond acceptors (Lipinski definition) is 2. The van der Waals surface area contributed by atoms with Crippen LogP contribution in [-0.2, 0) is 0 Å². The molecule has 0 radical (unpaired) electrons. The van der Waals surface area contributed by atoms with E-state index in [9.17, 15) is 4.79 Å². The topological polar surface area (TPSA) is 44.4 Å². The Morgan fingerprint density at radius 2 is 2.00 bits per heavy atom. The van der Waals surface area contributed by atoms with Crippen molar-refractivity contribution >= 4 is 11.7 Å². The van der Waals surface area contributed by atoms with E-state index in [1.54, 1.807) is 0 Å². The van der Waals surface area contributed by atoms with Gasteiger partial charge < -0.3 is 15.5 Å². The van der Waals surface area contributed by atoms with Crippen LogP contribution >= 0.6 is 0 Å². The van der Waals surface area contributed by atoms with E-state index in [0.29, 0.717) is 5.92 Å². The number of anilines is 1. The number of carbonyl (C=O) groups is 1. The maximum Gasteiger partial charge on any atom is 0.319 e. The van der Waals surface area contributed by atoms with Crippen LogP contribution in [0.5, 0.6) is 0 Å². The molecular formula is C20H33N3O. The van der Waals surface area contributed by atoms with Crippen molar-refractivity contribution in [2.24, 2.45) is 5.92 Å². The smallest absolute Gasteiger partial charge is 0.319 e. The summed E-state index contributed by atoms with van der Waals surface area (Å²) in [5.74, 6) is 0.577. The number of urea groups is 1. The molecule has 0 bridgehead atoms. The SMILES string of the molecule is CCCCCCN1CCCC(CNC(=O)Nc2ccc(C)cc2)C1. The second-order valence-corrected chi connectivity index (χ2v) is 7.07. The predicted molar refractivity (Wildman–Crippen MR) is 102 cm³/mol. The molecule has 1 atom stereocenters. The monoisotopic (exact) mass is 331 g/mol. The van der Waals surface area contributed by atoms with Gasteiger partial charge in [-0.2, -0.15) is 0 Å². The molecule has 1 saturated heterocycles. The minimum atomic E-state index is -0.0982. The van der Waals surface area contributed by atoms with Crippen molar-refractivity contribution < 1.29 is 4.79 Å². The average Bonchev–Trinajstić information content (AvgIpc) is 2.59. The molecule has 24 heavy (non-hydrogen) atoms. The Bertz CT molecular complexity index is 486. The predicted octanol–water partition coefficient (Wildman–Crippen LogP) is 4.41. The van der Waals surface area contributed by atoms with Crippen LogP contribution in [0.4, 0.5) is 10.5 Å². The third-order valence-corrected chi connectivity index (χ3v) is 4.79. The van der Waals surface area contributed by atoms with Crippen molar-refractivity contribution in [1.82, 2.24) is 10.2 Å². The van der Waals surface area contributed by atoms with Crippen molar-refractivity contribution in [2.45, 2.75) is 52.4 Å². The molecule has 4 heteroatoms. The number of aryl methyl sites for hydroxylation is 1. The maximum atomic E-state index is 12.0. The third-order valence-electron chi connectivity index (χ3n) is 4.79. The molecule has 2 amide bonds. The first-order valence-corrected chi connectivity index (χ1v) is 9.51. The van der Waals surface area contributed by atoms with Crippen LogP contribution in [0.1, 0.15) is 51.0 Å². The molecule has 4 nitrogen and oxygen atoms in total. The lowest BCUT2D eigenvalue weighted by Gasteiger charge is -2.32. The summed E-state index contributed by atoms with van der Waals surface area (Å²) < 4.78 is 0. The number of rotatable bonds is 8. The molecular weight excluding hydrogens is 298 g/mol. The summed E-state index contributed by atoms with van der Waals surface area (Å²) in [4.78, 5) is 14.6. The molecule has 1 heterocycles. The minimum Gasteiger partial charge on any atom is -0.338 e. The lowest BCUT2D eigenvalue weighted by molar-refractivity contribution is 0.170. The molecule has 2 N–H and O–H groups in total. The molecule has 0 spiro atoms. The van der Waals surface area contributed by atoms with Crippen molar-refractivity contribution in [3.63, 3.8) is 0 Å². The highest BCUT2D eigenvalue weighted by atomic mass is 16.2. The molecule has 1 aliphatic rings. The van der Waals surface area contributed by atoms with E-state index in [1.165, 1.54) is 57.2 Å². The Morgan fingerprint density at radius 3 is 2.75 bits per heavy atom. The molecule has 0 aliphatic carbocycles. The van der Waals surface area contributed by atoms with Gasteiger partial charge in [0.05, 0.1) is 0 Å². The largest absolute Gasteiger partial charge is 0.338 e. The number of hydrogen-bond donors (Lipinski definition) is 2. The average molecular weight is 332 g/mol. The first-order valence-electron chi connectivity index (χ1n) is 9.51. The standard InChI is InChI=1S/C20H33N3O/c1-3-4-5-6-13-23-14-7-8-18(16-23)15-21-20(24)22-19-11-9-17(2)10-12-19/h9-12,18H,3-8,13-16H2,1-2H3,(H2,21,22,24). The molecule has 1 aromatic rings. The number of benzene rings is 1. The van der Waals surface area contributed by atoms with Gasteiger partial charge in [-0.1, -0.05) is 43.9 Å². The Balaban J connectivity index is 1.65. The molecule has 1 aromatic carbocycles. The van der Waals surface area contributed by atoms with Gasteiger partial charge in [0.2, 0.25) is 0 Å². The van der Waals surface area contributed by atoms with Gasteiger partial charge in [0.25, 0.3) is 0 Å². The second kappa shape index (κ2) is 10.3. The summed E-state index contributed by atoms with van der Waals surface area (Å²) in [6.45, 7) is 8.62. The fourth-order valence-corrected chi connectivity index (χ4v) is 3.33. The summed E-state index contributed by atoms with van der Waals surface area (Å²) in [6.07, 6.45) is 7.76. The summed E-state index contributed by atoms with van der Waals surface area (Å²) in [6, 6.07) is 7.79. The first kappa shape index (κ1) is 18.8. The lowest BCUT2D eigenvalue weighted by atomic mass is 9.97. The summed E-state index contributed by atoms with van der Waals surface area (Å²) >= 11 is 0. The van der Waals surface area contributed by atoms with Crippen molar-refractivity contribution in [1.29, 1.82) is 0 Å². The van der Waals surface area contributed by atoms with E-state index in [-0.39, 0.29) is 6.03 Å². The Kier molecular flexibility index (Phi) is 8.10. The number of amides is 2. The van der Waals surface area contributed by atoms with Crippen LogP contribution in [0.3, 0.4) is 0 Å². The highest BCUT2D eigenvalue weighted by Crippen LogP contribution is 2.17. The van der Waals surface area contributed by atoms with Gasteiger partial charge in [0.1, 0.15) is 0 Å². The molecule has 0 saturated carbocycles. The van der Waals surface area contributed by atoms with E-state index in [0.717, 1.165) is 18.8 Å². The zero-order valence-electron chi connectivity index (χ0n) is 15.3. The number of piperidine rings is 1. The van der Waals surface area contributed by atoms with Crippen LogP contribution < -0.4 is 10.6 Å². The van der Waals surface area contributed by atoms with Crippen LogP contribution in [0.2, 0.25) is 0 Å². The summed E-state index contributed by atoms with van der Waals surface area (Å²) in [5.41, 5.74) is 2.04. The van der Waals surface area contributed by atoms with Crippen LogP contribution in [0.15, 0.2) is 24.3 Å². The third kappa shape index (κ3) is 6.91. The van der Waals surface area contributed by atoms with Gasteiger partial charge >= 0.3 is 6.03 Å². The molecule has 134 valence electrons. The molecule has 1 aliphatic heterocycles. The zero-order valence-corrected chi connectivity index (χ0v) is 15.3. The van der Waals surface area contributed by atoms with Gasteiger partial charge in [-0.05, 0) is 57.3 Å². The van der Waals surface area contributed by atoms with Crippen molar-refractivity contribution in [2.75, 3.05) is 31.5 Å². The van der Waals surface area contributed by atoms with Crippen molar-refractivity contribution in [3.8, 4) is 0 Å².